The molecule has 0 rings (SSSR count). The van der Waals surface area contributed by atoms with E-state index in [0.717, 1.165) is 0 Å². The van der Waals surface area contributed by atoms with Gasteiger partial charge in [-0.2, -0.15) is 0 Å². The average molecular weight is 186 g/mol. The summed E-state index contributed by atoms with van der Waals surface area (Å²) in [6.07, 6.45) is -8.74. The highest BCUT2D eigenvalue weighted by atomic mass is 19.2. The maximum Gasteiger partial charge on any atom is 0.232 e. The van der Waals surface area contributed by atoms with Crippen LogP contribution in [0.1, 0.15) is 13.3 Å². The van der Waals surface area contributed by atoms with E-state index < -0.39 is 25.1 Å². The lowest BCUT2D eigenvalue weighted by Gasteiger charge is -2.18. The molecule has 0 aliphatic carbocycles. The predicted molar refractivity (Wildman–Crippen MR) is 35.4 cm³/mol. The molecule has 3 N–H and O–H groups in total. The molecule has 0 fully saturated rings. The Morgan fingerprint density at radius 2 is 1.75 bits per heavy atom. The molecule has 0 amide bonds. The third-order valence-electron chi connectivity index (χ3n) is 1.19. The first-order valence-corrected chi connectivity index (χ1v) is 3.46. The molecular weight excluding hydrogens is 174 g/mol. The summed E-state index contributed by atoms with van der Waals surface area (Å²) in [5.41, 5.74) is 0. The largest absolute Gasteiger partial charge is 0.382 e. The van der Waals surface area contributed by atoms with Crippen molar-refractivity contribution < 1.29 is 28.8 Å². The number of alkyl halides is 2. The molecule has 0 radical (unpaired) electrons. The van der Waals surface area contributed by atoms with Gasteiger partial charge >= 0.3 is 0 Å². The van der Waals surface area contributed by atoms with Crippen LogP contribution >= 0.6 is 0 Å². The van der Waals surface area contributed by atoms with Crippen molar-refractivity contribution in [3.05, 3.63) is 0 Å². The molecule has 0 heterocycles. The van der Waals surface area contributed by atoms with Crippen molar-refractivity contribution in [1.29, 1.82) is 0 Å². The van der Waals surface area contributed by atoms with Crippen LogP contribution < -0.4 is 0 Å². The quantitative estimate of drug-likeness (QED) is 0.514. The van der Waals surface area contributed by atoms with Crippen LogP contribution in [0.5, 0.6) is 0 Å². The van der Waals surface area contributed by atoms with Crippen molar-refractivity contribution in [3.8, 4) is 0 Å². The Balaban J connectivity index is 3.78. The first-order chi connectivity index (χ1) is 5.49. The van der Waals surface area contributed by atoms with E-state index in [1.807, 2.05) is 0 Å². The minimum Gasteiger partial charge on any atom is -0.382 e. The summed E-state index contributed by atoms with van der Waals surface area (Å²) in [4.78, 5) is 0. The van der Waals surface area contributed by atoms with Crippen LogP contribution in [0.2, 0.25) is 0 Å². The van der Waals surface area contributed by atoms with Crippen LogP contribution in [-0.4, -0.2) is 40.4 Å². The number of aliphatic hydroxyl groups excluding tert-OH is 3. The second-order valence-electron chi connectivity index (χ2n) is 2.21. The van der Waals surface area contributed by atoms with Crippen LogP contribution in [-0.2, 0) is 4.74 Å². The summed E-state index contributed by atoms with van der Waals surface area (Å²) in [6.45, 7) is 1.51. The van der Waals surface area contributed by atoms with E-state index in [9.17, 15) is 8.78 Å². The monoisotopic (exact) mass is 186 g/mol. The molecule has 0 aromatic rings. The molecule has 4 unspecified atom stereocenters. The summed E-state index contributed by atoms with van der Waals surface area (Å²) in [5, 5.41) is 25.2. The Morgan fingerprint density at radius 3 is 2.08 bits per heavy atom. The van der Waals surface area contributed by atoms with E-state index in [0.29, 0.717) is 0 Å². The number of ether oxygens (including phenoxy) is 1. The van der Waals surface area contributed by atoms with Crippen molar-refractivity contribution in [2.45, 2.75) is 38.5 Å². The van der Waals surface area contributed by atoms with Gasteiger partial charge in [0.15, 0.2) is 12.4 Å². The first kappa shape index (κ1) is 11.7. The summed E-state index contributed by atoms with van der Waals surface area (Å²) in [7, 11) is 0. The molecule has 4 atom stereocenters. The van der Waals surface area contributed by atoms with Crippen molar-refractivity contribution in [2.75, 3.05) is 0 Å². The predicted octanol–water partition coefficient (Wildman–Crippen LogP) is -0.324. The fraction of sp³-hybridized carbons (Fsp3) is 1.00. The van der Waals surface area contributed by atoms with Gasteiger partial charge in [0.05, 0.1) is 0 Å². The zero-order valence-corrected chi connectivity index (χ0v) is 6.52. The van der Waals surface area contributed by atoms with Gasteiger partial charge in [-0.3, -0.25) is 0 Å². The van der Waals surface area contributed by atoms with Crippen LogP contribution in [0.3, 0.4) is 0 Å². The van der Waals surface area contributed by atoms with E-state index in [1.165, 1.54) is 6.92 Å². The highest BCUT2D eigenvalue weighted by molar-refractivity contribution is 4.60. The molecule has 0 saturated carbocycles. The Bertz CT molecular complexity index is 122. The number of rotatable bonds is 5. The topological polar surface area (TPSA) is 69.9 Å². The van der Waals surface area contributed by atoms with Crippen molar-refractivity contribution in [2.24, 2.45) is 0 Å². The third kappa shape index (κ3) is 3.91. The lowest BCUT2D eigenvalue weighted by molar-refractivity contribution is -0.237. The van der Waals surface area contributed by atoms with E-state index in [1.54, 1.807) is 0 Å². The average Bonchev–Trinajstić information content (AvgIpc) is 2.02. The molecule has 74 valence electrons. The fourth-order valence-electron chi connectivity index (χ4n) is 0.452. The highest BCUT2D eigenvalue weighted by Gasteiger charge is 2.28. The van der Waals surface area contributed by atoms with Crippen LogP contribution in [0.4, 0.5) is 8.78 Å². The van der Waals surface area contributed by atoms with Crippen LogP contribution in [0.15, 0.2) is 0 Å². The summed E-state index contributed by atoms with van der Waals surface area (Å²) < 4.78 is 28.3. The van der Waals surface area contributed by atoms with Gasteiger partial charge in [0.1, 0.15) is 0 Å². The van der Waals surface area contributed by atoms with Crippen molar-refractivity contribution in [1.82, 2.24) is 0 Å². The third-order valence-corrected chi connectivity index (χ3v) is 1.19. The maximum absolute atomic E-state index is 12.5. The van der Waals surface area contributed by atoms with Crippen molar-refractivity contribution >= 4 is 0 Å². The Labute approximate surface area is 68.4 Å². The minimum absolute atomic E-state index is 0.107. The second kappa shape index (κ2) is 5.36. The van der Waals surface area contributed by atoms with E-state index in [-0.39, 0.29) is 6.42 Å². The standard InChI is InChI=1S/C6H12F2O4/c1-2-3(9)12-6(8)4(10)5(7)11/h3-6,9-11H,2H2,1H3. The van der Waals surface area contributed by atoms with Gasteiger partial charge in [0.2, 0.25) is 12.7 Å². The van der Waals surface area contributed by atoms with Gasteiger partial charge in [0, 0.05) is 0 Å². The van der Waals surface area contributed by atoms with E-state index in [4.69, 9.17) is 15.3 Å². The minimum atomic E-state index is -2.72. The van der Waals surface area contributed by atoms with Gasteiger partial charge in [-0.1, -0.05) is 6.92 Å². The molecular formula is C6H12F2O4. The summed E-state index contributed by atoms with van der Waals surface area (Å²) >= 11 is 0. The number of aliphatic hydroxyl groups is 3. The number of hydrogen-bond donors (Lipinski definition) is 3. The van der Waals surface area contributed by atoms with Gasteiger partial charge in [0.25, 0.3) is 0 Å². The SMILES string of the molecule is CCC(O)OC(F)C(O)C(O)F. The fourth-order valence-corrected chi connectivity index (χ4v) is 0.452. The zero-order valence-electron chi connectivity index (χ0n) is 6.52. The van der Waals surface area contributed by atoms with Gasteiger partial charge in [-0.25, -0.2) is 8.78 Å². The molecule has 0 aromatic heterocycles. The molecule has 6 heteroatoms. The van der Waals surface area contributed by atoms with Crippen LogP contribution in [0.25, 0.3) is 0 Å². The lowest BCUT2D eigenvalue weighted by atomic mass is 10.3. The Hall–Kier alpha value is -0.300. The maximum atomic E-state index is 12.5. The molecule has 0 spiro atoms. The Kier molecular flexibility index (Phi) is 5.23. The zero-order chi connectivity index (χ0) is 9.72. The van der Waals surface area contributed by atoms with Crippen molar-refractivity contribution in [3.63, 3.8) is 0 Å². The van der Waals surface area contributed by atoms with E-state index >= 15 is 0 Å². The molecule has 0 aliphatic rings. The van der Waals surface area contributed by atoms with Gasteiger partial charge < -0.3 is 20.1 Å². The molecule has 0 saturated heterocycles. The molecule has 0 aromatic carbocycles. The second-order valence-corrected chi connectivity index (χ2v) is 2.21. The van der Waals surface area contributed by atoms with Gasteiger partial charge in [-0.15, -0.1) is 0 Å². The van der Waals surface area contributed by atoms with Gasteiger partial charge in [-0.05, 0) is 6.42 Å². The number of halogens is 2. The molecule has 0 aliphatic heterocycles. The Morgan fingerprint density at radius 1 is 1.25 bits per heavy atom. The smallest absolute Gasteiger partial charge is 0.232 e. The number of hydrogen-bond acceptors (Lipinski definition) is 4. The summed E-state index contributed by atoms with van der Waals surface area (Å²) in [6, 6.07) is 0. The molecule has 12 heavy (non-hydrogen) atoms. The van der Waals surface area contributed by atoms with Crippen LogP contribution in [0, 0.1) is 0 Å². The lowest BCUT2D eigenvalue weighted by Crippen LogP contribution is -2.36. The summed E-state index contributed by atoms with van der Waals surface area (Å²) in [5.74, 6) is 0. The molecule has 0 bridgehead atoms. The first-order valence-electron chi connectivity index (χ1n) is 3.46. The highest BCUT2D eigenvalue weighted by Crippen LogP contribution is 2.09. The van der Waals surface area contributed by atoms with E-state index in [2.05, 4.69) is 4.74 Å². The normalized spacial score (nSPS) is 21.5. The molecule has 4 nitrogen and oxygen atoms in total.